The molecule has 0 saturated heterocycles. The largest absolute Gasteiger partial charge is 0.494 e. The summed E-state index contributed by atoms with van der Waals surface area (Å²) in [6, 6.07) is 9.42. The van der Waals surface area contributed by atoms with E-state index in [0.29, 0.717) is 29.6 Å². The van der Waals surface area contributed by atoms with Gasteiger partial charge in [-0.2, -0.15) is 0 Å². The van der Waals surface area contributed by atoms with Crippen molar-refractivity contribution < 1.29 is 9.13 Å². The second-order valence-corrected chi connectivity index (χ2v) is 5.02. The summed E-state index contributed by atoms with van der Waals surface area (Å²) >= 11 is 0. The van der Waals surface area contributed by atoms with Crippen LogP contribution in [0.3, 0.4) is 0 Å². The van der Waals surface area contributed by atoms with Crippen LogP contribution in [0.15, 0.2) is 36.5 Å². The number of rotatable bonds is 5. The molecule has 4 heteroatoms. The van der Waals surface area contributed by atoms with Gasteiger partial charge in [0.2, 0.25) is 0 Å². The lowest BCUT2D eigenvalue weighted by atomic mass is 10.1. The average molecular weight is 272 g/mol. The molecule has 0 radical (unpaired) electrons. The summed E-state index contributed by atoms with van der Waals surface area (Å²) in [5.41, 5.74) is 2.08. The highest BCUT2D eigenvalue weighted by Gasteiger charge is 2.20. The van der Waals surface area contributed by atoms with E-state index in [4.69, 9.17) is 4.74 Å². The Morgan fingerprint density at radius 3 is 2.90 bits per heavy atom. The summed E-state index contributed by atoms with van der Waals surface area (Å²) < 4.78 is 19.4. The molecule has 0 aliphatic heterocycles. The number of hydrogen-bond acceptors (Lipinski definition) is 3. The molecule has 1 aromatic carbocycles. The van der Waals surface area contributed by atoms with Crippen molar-refractivity contribution in [2.24, 2.45) is 0 Å². The zero-order valence-corrected chi connectivity index (χ0v) is 11.4. The molecule has 3 nitrogen and oxygen atoms in total. The number of halogens is 1. The van der Waals surface area contributed by atoms with Gasteiger partial charge < -0.3 is 10.1 Å². The molecule has 2 aromatic rings. The molecular formula is C16H17FN2O. The van der Waals surface area contributed by atoms with Gasteiger partial charge in [-0.3, -0.25) is 4.98 Å². The van der Waals surface area contributed by atoms with Gasteiger partial charge in [-0.05, 0) is 31.0 Å². The number of aromatic nitrogens is 1. The lowest BCUT2D eigenvalue weighted by molar-refractivity contribution is 0.415. The van der Waals surface area contributed by atoms with Crippen LogP contribution in [0.4, 0.5) is 4.39 Å². The summed E-state index contributed by atoms with van der Waals surface area (Å²) in [6.07, 6.45) is 4.08. The number of benzene rings is 1. The Kier molecular flexibility index (Phi) is 3.65. The third-order valence-electron chi connectivity index (χ3n) is 3.48. The Balaban J connectivity index is 1.85. The highest BCUT2D eigenvalue weighted by molar-refractivity contribution is 5.66. The minimum absolute atomic E-state index is 0.205. The van der Waals surface area contributed by atoms with Gasteiger partial charge in [-0.25, -0.2) is 4.39 Å². The van der Waals surface area contributed by atoms with Gasteiger partial charge in [0.05, 0.1) is 7.11 Å². The Labute approximate surface area is 117 Å². The smallest absolute Gasteiger partial charge is 0.145 e. The van der Waals surface area contributed by atoms with Crippen LogP contribution in [-0.2, 0) is 6.54 Å². The molecule has 0 spiro atoms. The lowest BCUT2D eigenvalue weighted by Gasteiger charge is -2.09. The Bertz CT molecular complexity index is 611. The van der Waals surface area contributed by atoms with Crippen LogP contribution in [0, 0.1) is 5.82 Å². The van der Waals surface area contributed by atoms with Crippen LogP contribution < -0.4 is 10.1 Å². The first-order chi connectivity index (χ1) is 9.78. The summed E-state index contributed by atoms with van der Waals surface area (Å²) in [6.45, 7) is 0.579. The van der Waals surface area contributed by atoms with E-state index in [1.807, 2.05) is 18.2 Å². The highest BCUT2D eigenvalue weighted by Crippen LogP contribution is 2.28. The summed E-state index contributed by atoms with van der Waals surface area (Å²) in [4.78, 5) is 4.27. The quantitative estimate of drug-likeness (QED) is 0.908. The van der Waals surface area contributed by atoms with Crippen molar-refractivity contribution in [3.8, 4) is 17.0 Å². The fourth-order valence-corrected chi connectivity index (χ4v) is 2.15. The van der Waals surface area contributed by atoms with Crippen LogP contribution in [-0.4, -0.2) is 18.1 Å². The van der Waals surface area contributed by atoms with Gasteiger partial charge in [-0.1, -0.05) is 12.1 Å². The predicted octanol–water partition coefficient (Wildman–Crippen LogP) is 3.15. The van der Waals surface area contributed by atoms with Crippen molar-refractivity contribution in [2.75, 3.05) is 7.11 Å². The van der Waals surface area contributed by atoms with Crippen molar-refractivity contribution in [3.05, 3.63) is 47.9 Å². The first kappa shape index (κ1) is 13.1. The van der Waals surface area contributed by atoms with Crippen molar-refractivity contribution >= 4 is 0 Å². The standard InChI is InChI=1S/C16H17FN2O/c1-20-15-3-2-8-18-16(15)11-4-5-12(14(17)9-11)10-19-13-6-7-13/h2-5,8-9,13,19H,6-7,10H2,1H3. The zero-order chi connectivity index (χ0) is 13.9. The summed E-state index contributed by atoms with van der Waals surface area (Å²) in [7, 11) is 1.59. The maximum absolute atomic E-state index is 14.1. The van der Waals surface area contributed by atoms with Gasteiger partial charge in [0, 0.05) is 29.9 Å². The molecule has 1 N–H and O–H groups in total. The van der Waals surface area contributed by atoms with Gasteiger partial charge >= 0.3 is 0 Å². The monoisotopic (exact) mass is 272 g/mol. The highest BCUT2D eigenvalue weighted by atomic mass is 19.1. The summed E-state index contributed by atoms with van der Waals surface area (Å²) in [5.74, 6) is 0.444. The van der Waals surface area contributed by atoms with Gasteiger partial charge in [0.15, 0.2) is 0 Å². The molecule has 104 valence electrons. The van der Waals surface area contributed by atoms with Crippen LogP contribution in [0.25, 0.3) is 11.3 Å². The molecule has 1 aliphatic rings. The molecule has 1 heterocycles. The average Bonchev–Trinajstić information content (AvgIpc) is 3.30. The second kappa shape index (κ2) is 5.59. The topological polar surface area (TPSA) is 34.1 Å². The van der Waals surface area contributed by atoms with E-state index in [9.17, 15) is 4.39 Å². The van der Waals surface area contributed by atoms with E-state index in [0.717, 1.165) is 5.56 Å². The van der Waals surface area contributed by atoms with Crippen LogP contribution >= 0.6 is 0 Å². The van der Waals surface area contributed by atoms with Crippen molar-refractivity contribution in [3.63, 3.8) is 0 Å². The molecule has 20 heavy (non-hydrogen) atoms. The fraction of sp³-hybridized carbons (Fsp3) is 0.312. The van der Waals surface area contributed by atoms with E-state index in [2.05, 4.69) is 10.3 Å². The number of hydrogen-bond donors (Lipinski definition) is 1. The molecule has 1 aromatic heterocycles. The molecular weight excluding hydrogens is 255 g/mol. The van der Waals surface area contributed by atoms with Crippen LogP contribution in [0.5, 0.6) is 5.75 Å². The second-order valence-electron chi connectivity index (χ2n) is 5.02. The molecule has 1 aliphatic carbocycles. The number of nitrogens with zero attached hydrogens (tertiary/aromatic N) is 1. The van der Waals surface area contributed by atoms with Crippen molar-refractivity contribution in [1.29, 1.82) is 0 Å². The molecule has 0 bridgehead atoms. The summed E-state index contributed by atoms with van der Waals surface area (Å²) in [5, 5.41) is 3.32. The SMILES string of the molecule is COc1cccnc1-c1ccc(CNC2CC2)c(F)c1. The van der Waals surface area contributed by atoms with E-state index in [1.165, 1.54) is 18.9 Å². The maximum Gasteiger partial charge on any atom is 0.145 e. The number of pyridine rings is 1. The maximum atomic E-state index is 14.1. The normalized spacial score (nSPS) is 14.3. The van der Waals surface area contributed by atoms with E-state index >= 15 is 0 Å². The molecule has 0 amide bonds. The van der Waals surface area contributed by atoms with Crippen molar-refractivity contribution in [1.82, 2.24) is 10.3 Å². The lowest BCUT2D eigenvalue weighted by Crippen LogP contribution is -2.16. The zero-order valence-electron chi connectivity index (χ0n) is 11.4. The fourth-order valence-electron chi connectivity index (χ4n) is 2.15. The number of methoxy groups -OCH3 is 1. The molecule has 0 unspecified atom stereocenters. The Hall–Kier alpha value is -1.94. The molecule has 3 rings (SSSR count). The first-order valence-electron chi connectivity index (χ1n) is 6.79. The van der Waals surface area contributed by atoms with Crippen molar-refractivity contribution in [2.45, 2.75) is 25.4 Å². The molecule has 0 atom stereocenters. The third-order valence-corrected chi connectivity index (χ3v) is 3.48. The third kappa shape index (κ3) is 2.80. The van der Waals surface area contributed by atoms with Crippen LogP contribution in [0.1, 0.15) is 18.4 Å². The first-order valence-corrected chi connectivity index (χ1v) is 6.79. The van der Waals surface area contributed by atoms with E-state index in [1.54, 1.807) is 19.4 Å². The minimum Gasteiger partial charge on any atom is -0.494 e. The van der Waals surface area contributed by atoms with E-state index < -0.39 is 0 Å². The molecule has 1 saturated carbocycles. The number of nitrogens with one attached hydrogen (secondary N) is 1. The van der Waals surface area contributed by atoms with E-state index in [-0.39, 0.29) is 5.82 Å². The minimum atomic E-state index is -0.205. The predicted molar refractivity (Wildman–Crippen MR) is 76.0 cm³/mol. The van der Waals surface area contributed by atoms with Gasteiger partial charge in [0.1, 0.15) is 17.3 Å². The van der Waals surface area contributed by atoms with Crippen LogP contribution in [0.2, 0.25) is 0 Å². The molecule has 1 fully saturated rings. The van der Waals surface area contributed by atoms with Gasteiger partial charge in [-0.15, -0.1) is 0 Å². The Morgan fingerprint density at radius 1 is 1.35 bits per heavy atom. The Morgan fingerprint density at radius 2 is 2.20 bits per heavy atom. The number of ether oxygens (including phenoxy) is 1. The van der Waals surface area contributed by atoms with Gasteiger partial charge in [0.25, 0.3) is 0 Å².